The van der Waals surface area contributed by atoms with E-state index >= 15 is 0 Å². The maximum atomic E-state index is 12.5. The first kappa shape index (κ1) is 19.7. The molecular formula is C22H18BrN5O2. The summed E-state index contributed by atoms with van der Waals surface area (Å²) in [6, 6.07) is 20.1. The van der Waals surface area contributed by atoms with Gasteiger partial charge in [0, 0.05) is 27.3 Å². The summed E-state index contributed by atoms with van der Waals surface area (Å²) in [5.41, 5.74) is 2.76. The van der Waals surface area contributed by atoms with Crippen molar-refractivity contribution < 1.29 is 9.53 Å². The van der Waals surface area contributed by atoms with Gasteiger partial charge in [0.15, 0.2) is 0 Å². The molecule has 8 heteroatoms. The molecule has 0 fully saturated rings. The molecule has 3 N–H and O–H groups in total. The van der Waals surface area contributed by atoms with E-state index in [1.54, 1.807) is 19.2 Å². The molecular weight excluding hydrogens is 446 g/mol. The highest BCUT2D eigenvalue weighted by Crippen LogP contribution is 2.33. The molecule has 0 aliphatic rings. The molecule has 30 heavy (non-hydrogen) atoms. The minimum atomic E-state index is -0.378. The Hall–Kier alpha value is -3.65. The lowest BCUT2D eigenvalue weighted by Gasteiger charge is -2.14. The number of ether oxygens (including phenoxy) is 1. The Labute approximate surface area is 181 Å². The zero-order valence-electron chi connectivity index (χ0n) is 16.0. The average molecular weight is 464 g/mol. The van der Waals surface area contributed by atoms with E-state index in [4.69, 9.17) is 4.74 Å². The van der Waals surface area contributed by atoms with Crippen molar-refractivity contribution in [1.29, 1.82) is 0 Å². The Bertz CT molecular complexity index is 1200. The summed E-state index contributed by atoms with van der Waals surface area (Å²) in [6.45, 7) is 0. The molecule has 1 heterocycles. The highest BCUT2D eigenvalue weighted by molar-refractivity contribution is 9.10. The van der Waals surface area contributed by atoms with Gasteiger partial charge in [0.05, 0.1) is 18.3 Å². The first-order valence-electron chi connectivity index (χ1n) is 9.11. The third-order valence-corrected chi connectivity index (χ3v) is 4.82. The second kappa shape index (κ2) is 8.79. The number of aromatic nitrogens is 2. The second-order valence-electron chi connectivity index (χ2n) is 6.37. The summed E-state index contributed by atoms with van der Waals surface area (Å²) in [5, 5.41) is 9.67. The maximum absolute atomic E-state index is 12.5. The maximum Gasteiger partial charge on any atom is 0.323 e. The van der Waals surface area contributed by atoms with Crippen LogP contribution in [-0.2, 0) is 0 Å². The number of rotatable bonds is 5. The number of urea groups is 1. The first-order chi connectivity index (χ1) is 14.6. The molecule has 0 spiro atoms. The molecule has 3 aromatic carbocycles. The zero-order valence-corrected chi connectivity index (χ0v) is 17.6. The van der Waals surface area contributed by atoms with E-state index in [2.05, 4.69) is 41.8 Å². The normalized spacial score (nSPS) is 10.5. The molecule has 1 aromatic heterocycles. The monoisotopic (exact) mass is 463 g/mol. The lowest BCUT2D eigenvalue weighted by molar-refractivity contribution is 0.262. The van der Waals surface area contributed by atoms with Crippen molar-refractivity contribution in [2.75, 3.05) is 23.1 Å². The van der Waals surface area contributed by atoms with Crippen LogP contribution < -0.4 is 20.7 Å². The van der Waals surface area contributed by atoms with Crippen LogP contribution in [0.2, 0.25) is 0 Å². The van der Waals surface area contributed by atoms with Gasteiger partial charge >= 0.3 is 6.03 Å². The van der Waals surface area contributed by atoms with Crippen molar-refractivity contribution in [2.24, 2.45) is 0 Å². The number of anilines is 4. The predicted molar refractivity (Wildman–Crippen MR) is 123 cm³/mol. The number of amides is 2. The van der Waals surface area contributed by atoms with Gasteiger partial charge in [0.2, 0.25) is 0 Å². The molecule has 7 nitrogen and oxygen atoms in total. The van der Waals surface area contributed by atoms with E-state index in [9.17, 15) is 4.79 Å². The second-order valence-corrected chi connectivity index (χ2v) is 7.29. The highest BCUT2D eigenvalue weighted by Gasteiger charge is 2.13. The average Bonchev–Trinajstić information content (AvgIpc) is 2.74. The summed E-state index contributed by atoms with van der Waals surface area (Å²) in [7, 11) is 1.54. The van der Waals surface area contributed by atoms with E-state index in [0.29, 0.717) is 28.5 Å². The van der Waals surface area contributed by atoms with E-state index in [1.165, 1.54) is 6.33 Å². The summed E-state index contributed by atoms with van der Waals surface area (Å²) < 4.78 is 6.40. The topological polar surface area (TPSA) is 88.2 Å². The number of carbonyl (C=O) groups is 1. The molecule has 0 saturated carbocycles. The Morgan fingerprint density at radius 3 is 2.50 bits per heavy atom. The van der Waals surface area contributed by atoms with E-state index < -0.39 is 0 Å². The van der Waals surface area contributed by atoms with Crippen LogP contribution in [0.15, 0.2) is 77.5 Å². The molecule has 2 amide bonds. The Morgan fingerprint density at radius 1 is 0.933 bits per heavy atom. The Morgan fingerprint density at radius 2 is 1.73 bits per heavy atom. The van der Waals surface area contributed by atoms with Gasteiger partial charge in [-0.15, -0.1) is 0 Å². The number of hydrogen-bond donors (Lipinski definition) is 3. The number of nitrogens with zero attached hydrogens (tertiary/aromatic N) is 2. The summed E-state index contributed by atoms with van der Waals surface area (Å²) in [5.74, 6) is 1.12. The molecule has 0 bridgehead atoms. The summed E-state index contributed by atoms with van der Waals surface area (Å²) in [4.78, 5) is 21.2. The van der Waals surface area contributed by atoms with Crippen molar-refractivity contribution in [3.05, 3.63) is 77.5 Å². The Kier molecular flexibility index (Phi) is 5.76. The lowest BCUT2D eigenvalue weighted by atomic mass is 10.2. The molecule has 4 aromatic rings. The van der Waals surface area contributed by atoms with Crippen LogP contribution in [0.3, 0.4) is 0 Å². The fraction of sp³-hybridized carbons (Fsp3) is 0.0455. The molecule has 0 radical (unpaired) electrons. The molecule has 150 valence electrons. The highest BCUT2D eigenvalue weighted by atomic mass is 79.9. The van der Waals surface area contributed by atoms with Gasteiger partial charge in [0.1, 0.15) is 17.9 Å². The van der Waals surface area contributed by atoms with Crippen LogP contribution in [0, 0.1) is 0 Å². The number of benzene rings is 3. The number of carbonyl (C=O) groups excluding carboxylic acids is 1. The fourth-order valence-corrected chi connectivity index (χ4v) is 3.36. The van der Waals surface area contributed by atoms with Crippen LogP contribution in [0.4, 0.5) is 27.7 Å². The molecule has 0 aliphatic heterocycles. The van der Waals surface area contributed by atoms with E-state index in [0.717, 1.165) is 15.5 Å². The van der Waals surface area contributed by atoms with Gasteiger partial charge in [-0.25, -0.2) is 14.8 Å². The summed E-state index contributed by atoms with van der Waals surface area (Å²) >= 11 is 3.47. The first-order valence-corrected chi connectivity index (χ1v) is 9.90. The number of fused-ring (bicyclic) bond motifs is 1. The minimum absolute atomic E-state index is 0.378. The molecule has 0 unspecified atom stereocenters. The SMILES string of the molecule is COc1cc2ncnc(Nc3cccc(Br)c3)c2cc1NC(=O)Nc1ccccc1. The molecule has 4 rings (SSSR count). The van der Waals surface area contributed by atoms with Crippen LogP contribution in [0.5, 0.6) is 5.75 Å². The van der Waals surface area contributed by atoms with Crippen LogP contribution in [0.1, 0.15) is 0 Å². The number of para-hydroxylation sites is 1. The summed E-state index contributed by atoms with van der Waals surface area (Å²) in [6.07, 6.45) is 1.48. The van der Waals surface area contributed by atoms with Crippen LogP contribution in [-0.4, -0.2) is 23.1 Å². The zero-order chi connectivity index (χ0) is 20.9. The largest absolute Gasteiger partial charge is 0.494 e. The smallest absolute Gasteiger partial charge is 0.323 e. The van der Waals surface area contributed by atoms with Gasteiger partial charge < -0.3 is 20.7 Å². The molecule has 0 atom stereocenters. The van der Waals surface area contributed by atoms with Crippen LogP contribution in [0.25, 0.3) is 10.9 Å². The Balaban J connectivity index is 1.66. The van der Waals surface area contributed by atoms with Crippen molar-refractivity contribution in [3.63, 3.8) is 0 Å². The predicted octanol–water partition coefficient (Wildman–Crippen LogP) is 5.79. The van der Waals surface area contributed by atoms with Gasteiger partial charge in [-0.05, 0) is 36.4 Å². The van der Waals surface area contributed by atoms with E-state index in [-0.39, 0.29) is 6.03 Å². The number of methoxy groups -OCH3 is 1. The van der Waals surface area contributed by atoms with Crippen molar-refractivity contribution in [3.8, 4) is 5.75 Å². The number of nitrogens with one attached hydrogen (secondary N) is 3. The lowest BCUT2D eigenvalue weighted by Crippen LogP contribution is -2.19. The van der Waals surface area contributed by atoms with Gasteiger partial charge in [-0.2, -0.15) is 0 Å². The molecule has 0 saturated heterocycles. The van der Waals surface area contributed by atoms with Crippen molar-refractivity contribution in [1.82, 2.24) is 9.97 Å². The minimum Gasteiger partial charge on any atom is -0.494 e. The standard InChI is InChI=1S/C22H18BrN5O2/c1-30-20-12-18-17(11-19(20)28-22(29)27-15-7-3-2-4-8-15)21(25-13-24-18)26-16-9-5-6-14(23)10-16/h2-13H,1H3,(H,24,25,26)(H2,27,28,29). The molecule has 0 aliphatic carbocycles. The van der Waals surface area contributed by atoms with Gasteiger partial charge in [0.25, 0.3) is 0 Å². The number of halogens is 1. The van der Waals surface area contributed by atoms with Gasteiger partial charge in [-0.1, -0.05) is 40.2 Å². The van der Waals surface area contributed by atoms with Gasteiger partial charge in [-0.3, -0.25) is 0 Å². The number of hydrogen-bond acceptors (Lipinski definition) is 5. The third kappa shape index (κ3) is 4.49. The van der Waals surface area contributed by atoms with Crippen LogP contribution >= 0.6 is 15.9 Å². The van der Waals surface area contributed by atoms with Crippen molar-refractivity contribution >= 4 is 55.7 Å². The quantitative estimate of drug-likeness (QED) is 0.348. The van der Waals surface area contributed by atoms with Crippen molar-refractivity contribution in [2.45, 2.75) is 0 Å². The third-order valence-electron chi connectivity index (χ3n) is 4.32. The van der Waals surface area contributed by atoms with E-state index in [1.807, 2.05) is 54.6 Å². The fourth-order valence-electron chi connectivity index (χ4n) is 2.96.